The normalized spacial score (nSPS) is 12.4. The van der Waals surface area contributed by atoms with Crippen molar-refractivity contribution in [3.05, 3.63) is 59.4 Å². The second-order valence-electron chi connectivity index (χ2n) is 4.37. The van der Waals surface area contributed by atoms with Crippen LogP contribution in [0.25, 0.3) is 0 Å². The van der Waals surface area contributed by atoms with Crippen molar-refractivity contribution < 1.29 is 5.11 Å². The molecule has 1 aromatic heterocycles. The molecule has 0 bridgehead atoms. The van der Waals surface area contributed by atoms with E-state index in [9.17, 15) is 5.11 Å². The minimum Gasteiger partial charge on any atom is -0.387 e. The molecular formula is C15H17NOS. The van der Waals surface area contributed by atoms with Crippen molar-refractivity contribution >= 4 is 11.8 Å². The van der Waals surface area contributed by atoms with Gasteiger partial charge in [0.25, 0.3) is 0 Å². The number of aromatic nitrogens is 1. The molecule has 0 unspecified atom stereocenters. The lowest BCUT2D eigenvalue weighted by molar-refractivity contribution is 0.194. The van der Waals surface area contributed by atoms with E-state index < -0.39 is 6.10 Å². The van der Waals surface area contributed by atoms with E-state index in [4.69, 9.17) is 0 Å². The quantitative estimate of drug-likeness (QED) is 0.849. The van der Waals surface area contributed by atoms with Gasteiger partial charge in [0.2, 0.25) is 0 Å². The summed E-state index contributed by atoms with van der Waals surface area (Å²) >= 11 is 1.76. The van der Waals surface area contributed by atoms with Gasteiger partial charge in [-0.2, -0.15) is 0 Å². The third-order valence-electron chi connectivity index (χ3n) is 2.68. The van der Waals surface area contributed by atoms with E-state index >= 15 is 0 Å². The SMILES string of the molecule is Cc1cccc(CSc2ccc([C@@H](C)O)nc2)c1. The van der Waals surface area contributed by atoms with Crippen LogP contribution in [0.2, 0.25) is 0 Å². The second kappa shape index (κ2) is 6.03. The molecule has 1 aromatic carbocycles. The van der Waals surface area contributed by atoms with Crippen LogP contribution >= 0.6 is 11.8 Å². The van der Waals surface area contributed by atoms with Crippen molar-refractivity contribution in [1.82, 2.24) is 4.98 Å². The molecule has 0 amide bonds. The average molecular weight is 259 g/mol. The maximum Gasteiger partial charge on any atom is 0.0931 e. The van der Waals surface area contributed by atoms with E-state index in [0.717, 1.165) is 16.3 Å². The number of hydrogen-bond acceptors (Lipinski definition) is 3. The minimum absolute atomic E-state index is 0.499. The second-order valence-corrected chi connectivity index (χ2v) is 5.42. The summed E-state index contributed by atoms with van der Waals surface area (Å²) in [6.07, 6.45) is 1.32. The van der Waals surface area contributed by atoms with Gasteiger partial charge < -0.3 is 5.11 Å². The van der Waals surface area contributed by atoms with Gasteiger partial charge in [-0.15, -0.1) is 11.8 Å². The van der Waals surface area contributed by atoms with Crippen molar-refractivity contribution in [2.24, 2.45) is 0 Å². The Morgan fingerprint density at radius 1 is 1.28 bits per heavy atom. The molecule has 94 valence electrons. The Morgan fingerprint density at radius 2 is 2.11 bits per heavy atom. The molecular weight excluding hydrogens is 242 g/mol. The Hall–Kier alpha value is -1.32. The van der Waals surface area contributed by atoms with Gasteiger partial charge in [-0.05, 0) is 31.5 Å². The van der Waals surface area contributed by atoms with Gasteiger partial charge in [-0.3, -0.25) is 4.98 Å². The summed E-state index contributed by atoms with van der Waals surface area (Å²) in [7, 11) is 0. The largest absolute Gasteiger partial charge is 0.387 e. The monoisotopic (exact) mass is 259 g/mol. The van der Waals surface area contributed by atoms with Gasteiger partial charge in [-0.1, -0.05) is 29.8 Å². The Morgan fingerprint density at radius 3 is 2.72 bits per heavy atom. The maximum absolute atomic E-state index is 9.38. The van der Waals surface area contributed by atoms with Crippen LogP contribution in [-0.4, -0.2) is 10.1 Å². The van der Waals surface area contributed by atoms with E-state index in [2.05, 4.69) is 36.2 Å². The minimum atomic E-state index is -0.499. The molecule has 2 rings (SSSR count). The number of aryl methyl sites for hydroxylation is 1. The smallest absolute Gasteiger partial charge is 0.0931 e. The highest BCUT2D eigenvalue weighted by Gasteiger charge is 2.02. The Balaban J connectivity index is 1.98. The zero-order valence-corrected chi connectivity index (χ0v) is 11.4. The lowest BCUT2D eigenvalue weighted by Gasteiger charge is -2.05. The van der Waals surface area contributed by atoms with Crippen LogP contribution in [0.5, 0.6) is 0 Å². The van der Waals surface area contributed by atoms with Crippen LogP contribution in [-0.2, 0) is 5.75 Å². The first-order valence-corrected chi connectivity index (χ1v) is 6.96. The lowest BCUT2D eigenvalue weighted by atomic mass is 10.2. The molecule has 1 atom stereocenters. The average Bonchev–Trinajstić information content (AvgIpc) is 2.37. The maximum atomic E-state index is 9.38. The van der Waals surface area contributed by atoms with Crippen LogP contribution < -0.4 is 0 Å². The lowest BCUT2D eigenvalue weighted by Crippen LogP contribution is -1.94. The zero-order chi connectivity index (χ0) is 13.0. The molecule has 0 aliphatic heterocycles. The number of pyridine rings is 1. The number of benzene rings is 1. The number of aliphatic hydroxyl groups excluding tert-OH is 1. The number of rotatable bonds is 4. The fraction of sp³-hybridized carbons (Fsp3) is 0.267. The molecule has 18 heavy (non-hydrogen) atoms. The van der Waals surface area contributed by atoms with Gasteiger partial charge in [-0.25, -0.2) is 0 Å². The number of hydrogen-bond donors (Lipinski definition) is 1. The molecule has 0 fully saturated rings. The van der Waals surface area contributed by atoms with Gasteiger partial charge in [0.05, 0.1) is 11.8 Å². The van der Waals surface area contributed by atoms with E-state index in [0.29, 0.717) is 0 Å². The summed E-state index contributed by atoms with van der Waals surface area (Å²) in [6, 6.07) is 12.4. The fourth-order valence-corrected chi connectivity index (χ4v) is 2.50. The third kappa shape index (κ3) is 3.59. The zero-order valence-electron chi connectivity index (χ0n) is 10.6. The Bertz CT molecular complexity index is 508. The van der Waals surface area contributed by atoms with Crippen LogP contribution in [0.15, 0.2) is 47.5 Å². The molecule has 0 aliphatic rings. The molecule has 0 spiro atoms. The van der Waals surface area contributed by atoms with E-state index in [1.54, 1.807) is 18.7 Å². The molecule has 0 radical (unpaired) electrons. The first kappa shape index (κ1) is 13.1. The molecule has 0 aliphatic carbocycles. The first-order valence-electron chi connectivity index (χ1n) is 5.97. The van der Waals surface area contributed by atoms with Crippen LogP contribution in [0.4, 0.5) is 0 Å². The summed E-state index contributed by atoms with van der Waals surface area (Å²) < 4.78 is 0. The fourth-order valence-electron chi connectivity index (χ4n) is 1.69. The highest BCUT2D eigenvalue weighted by molar-refractivity contribution is 7.98. The summed E-state index contributed by atoms with van der Waals surface area (Å²) in [4.78, 5) is 5.36. The predicted molar refractivity (Wildman–Crippen MR) is 75.6 cm³/mol. The van der Waals surface area contributed by atoms with Crippen LogP contribution in [0, 0.1) is 6.92 Å². The topological polar surface area (TPSA) is 33.1 Å². The summed E-state index contributed by atoms with van der Waals surface area (Å²) in [6.45, 7) is 3.83. The van der Waals surface area contributed by atoms with Gasteiger partial charge >= 0.3 is 0 Å². The number of thioether (sulfide) groups is 1. The Kier molecular flexibility index (Phi) is 4.39. The van der Waals surface area contributed by atoms with E-state index in [1.807, 2.05) is 18.3 Å². The van der Waals surface area contributed by atoms with Gasteiger partial charge in [0.1, 0.15) is 0 Å². The standard InChI is InChI=1S/C15H17NOS/c1-11-4-3-5-13(8-11)10-18-14-6-7-15(12(2)17)16-9-14/h3-9,12,17H,10H2,1-2H3/t12-/m1/s1. The summed E-state index contributed by atoms with van der Waals surface area (Å²) in [5, 5.41) is 9.38. The first-order chi connectivity index (χ1) is 8.65. The number of aliphatic hydroxyl groups is 1. The molecule has 2 nitrogen and oxygen atoms in total. The van der Waals surface area contributed by atoms with Crippen molar-refractivity contribution in [2.75, 3.05) is 0 Å². The van der Waals surface area contributed by atoms with E-state index in [-0.39, 0.29) is 0 Å². The summed E-state index contributed by atoms with van der Waals surface area (Å²) in [5.41, 5.74) is 3.32. The van der Waals surface area contributed by atoms with Crippen molar-refractivity contribution in [1.29, 1.82) is 0 Å². The molecule has 0 saturated carbocycles. The van der Waals surface area contributed by atoms with Gasteiger partial charge in [0, 0.05) is 16.8 Å². The van der Waals surface area contributed by atoms with Crippen molar-refractivity contribution in [3.63, 3.8) is 0 Å². The molecule has 1 N–H and O–H groups in total. The van der Waals surface area contributed by atoms with Crippen molar-refractivity contribution in [2.45, 2.75) is 30.6 Å². The number of nitrogens with zero attached hydrogens (tertiary/aromatic N) is 1. The Labute approximate surface area is 112 Å². The highest BCUT2D eigenvalue weighted by Crippen LogP contribution is 2.23. The van der Waals surface area contributed by atoms with Crippen molar-refractivity contribution in [3.8, 4) is 0 Å². The van der Waals surface area contributed by atoms with Gasteiger partial charge in [0.15, 0.2) is 0 Å². The van der Waals surface area contributed by atoms with Crippen LogP contribution in [0.1, 0.15) is 29.8 Å². The molecule has 0 saturated heterocycles. The van der Waals surface area contributed by atoms with E-state index in [1.165, 1.54) is 11.1 Å². The molecule has 3 heteroatoms. The summed E-state index contributed by atoms with van der Waals surface area (Å²) in [5.74, 6) is 0.942. The highest BCUT2D eigenvalue weighted by atomic mass is 32.2. The molecule has 2 aromatic rings. The predicted octanol–water partition coefficient (Wildman–Crippen LogP) is 3.74. The van der Waals surface area contributed by atoms with Crippen LogP contribution in [0.3, 0.4) is 0 Å². The third-order valence-corrected chi connectivity index (χ3v) is 3.73. The molecule has 1 heterocycles.